The number of nitro benzene ring substituents is 1. The lowest BCUT2D eigenvalue weighted by molar-refractivity contribution is -0.385. The normalized spacial score (nSPS) is 10.2. The highest BCUT2D eigenvalue weighted by Crippen LogP contribution is 2.23. The van der Waals surface area contributed by atoms with Crippen LogP contribution in [0.5, 0.6) is 0 Å². The van der Waals surface area contributed by atoms with E-state index in [2.05, 4.69) is 5.32 Å². The highest BCUT2D eigenvalue weighted by molar-refractivity contribution is 6.07. The van der Waals surface area contributed by atoms with E-state index in [9.17, 15) is 19.3 Å². The van der Waals surface area contributed by atoms with E-state index in [-0.39, 0.29) is 22.6 Å². The molecule has 0 aliphatic rings. The fourth-order valence-corrected chi connectivity index (χ4v) is 1.82. The van der Waals surface area contributed by atoms with Gasteiger partial charge >= 0.3 is 0 Å². The van der Waals surface area contributed by atoms with Gasteiger partial charge in [-0.1, -0.05) is 6.07 Å². The number of anilines is 2. The van der Waals surface area contributed by atoms with Crippen molar-refractivity contribution in [3.8, 4) is 0 Å². The SMILES string of the molecule is Cc1ccc([N+](=O)[O-])c(C(=O)Nc2cc(N)ccc2F)c1. The molecule has 6 nitrogen and oxygen atoms in total. The zero-order valence-corrected chi connectivity index (χ0v) is 11.1. The number of nitrogens with two attached hydrogens (primary N) is 1. The molecule has 0 atom stereocenters. The smallest absolute Gasteiger partial charge is 0.282 e. The summed E-state index contributed by atoms with van der Waals surface area (Å²) in [5, 5.41) is 13.2. The van der Waals surface area contributed by atoms with Crippen LogP contribution < -0.4 is 11.1 Å². The number of aryl methyl sites for hydroxylation is 1. The molecule has 0 aliphatic carbocycles. The third-order valence-corrected chi connectivity index (χ3v) is 2.83. The standard InChI is InChI=1S/C14H12FN3O3/c1-8-2-5-13(18(20)21)10(6-8)14(19)17-12-7-9(16)3-4-11(12)15/h2-7H,16H2,1H3,(H,17,19). The molecule has 21 heavy (non-hydrogen) atoms. The van der Waals surface area contributed by atoms with Crippen molar-refractivity contribution in [1.29, 1.82) is 0 Å². The van der Waals surface area contributed by atoms with Gasteiger partial charge in [0.05, 0.1) is 10.6 Å². The van der Waals surface area contributed by atoms with Crippen LogP contribution in [-0.4, -0.2) is 10.8 Å². The number of carbonyl (C=O) groups is 1. The van der Waals surface area contributed by atoms with E-state index in [1.807, 2.05) is 0 Å². The minimum Gasteiger partial charge on any atom is -0.399 e. The quantitative estimate of drug-likeness (QED) is 0.515. The second-order valence-corrected chi connectivity index (χ2v) is 4.47. The summed E-state index contributed by atoms with van der Waals surface area (Å²) in [7, 11) is 0. The van der Waals surface area contributed by atoms with Gasteiger partial charge in [0.2, 0.25) is 0 Å². The fourth-order valence-electron chi connectivity index (χ4n) is 1.82. The average Bonchev–Trinajstić information content (AvgIpc) is 2.42. The molecule has 0 unspecified atom stereocenters. The van der Waals surface area contributed by atoms with Crippen molar-refractivity contribution in [3.63, 3.8) is 0 Å². The summed E-state index contributed by atoms with van der Waals surface area (Å²) < 4.78 is 13.6. The first-order chi connectivity index (χ1) is 9.88. The number of benzene rings is 2. The maximum absolute atomic E-state index is 13.6. The Hall–Kier alpha value is -2.96. The molecule has 0 radical (unpaired) electrons. The van der Waals surface area contributed by atoms with Crippen LogP contribution in [0.15, 0.2) is 36.4 Å². The first kappa shape index (κ1) is 14.4. The van der Waals surface area contributed by atoms with Crippen LogP contribution in [0.3, 0.4) is 0 Å². The summed E-state index contributed by atoms with van der Waals surface area (Å²) in [5.41, 5.74) is 5.86. The molecule has 0 fully saturated rings. The van der Waals surface area contributed by atoms with E-state index in [4.69, 9.17) is 5.73 Å². The summed E-state index contributed by atoms with van der Waals surface area (Å²) in [6.07, 6.45) is 0. The van der Waals surface area contributed by atoms with Crippen LogP contribution in [0.4, 0.5) is 21.5 Å². The highest BCUT2D eigenvalue weighted by Gasteiger charge is 2.21. The Bertz CT molecular complexity index is 731. The summed E-state index contributed by atoms with van der Waals surface area (Å²) >= 11 is 0. The molecule has 0 bridgehead atoms. The molecule has 0 aromatic heterocycles. The monoisotopic (exact) mass is 289 g/mol. The Kier molecular flexibility index (Phi) is 3.84. The van der Waals surface area contributed by atoms with Crippen molar-refractivity contribution < 1.29 is 14.1 Å². The summed E-state index contributed by atoms with van der Waals surface area (Å²) in [5.74, 6) is -1.44. The molecule has 7 heteroatoms. The zero-order chi connectivity index (χ0) is 15.6. The maximum atomic E-state index is 13.6. The number of nitro groups is 1. The van der Waals surface area contributed by atoms with Gasteiger partial charge in [-0.2, -0.15) is 0 Å². The maximum Gasteiger partial charge on any atom is 0.282 e. The van der Waals surface area contributed by atoms with Crippen LogP contribution in [-0.2, 0) is 0 Å². The van der Waals surface area contributed by atoms with Crippen molar-refractivity contribution in [3.05, 3.63) is 63.5 Å². The molecule has 0 saturated heterocycles. The molecule has 1 amide bonds. The second kappa shape index (κ2) is 5.58. The number of nitrogens with one attached hydrogen (secondary N) is 1. The van der Waals surface area contributed by atoms with E-state index in [1.54, 1.807) is 6.92 Å². The fraction of sp³-hybridized carbons (Fsp3) is 0.0714. The van der Waals surface area contributed by atoms with Gasteiger partial charge in [-0.15, -0.1) is 0 Å². The summed E-state index contributed by atoms with van der Waals surface area (Å²) in [4.78, 5) is 22.4. The van der Waals surface area contributed by atoms with Gasteiger partial charge in [0.15, 0.2) is 0 Å². The van der Waals surface area contributed by atoms with E-state index >= 15 is 0 Å². The van der Waals surface area contributed by atoms with Gasteiger partial charge in [0.1, 0.15) is 11.4 Å². The van der Waals surface area contributed by atoms with Gasteiger partial charge in [0.25, 0.3) is 11.6 Å². The van der Waals surface area contributed by atoms with Crippen molar-refractivity contribution in [1.82, 2.24) is 0 Å². The van der Waals surface area contributed by atoms with Crippen LogP contribution in [0.2, 0.25) is 0 Å². The Morgan fingerprint density at radius 1 is 1.29 bits per heavy atom. The molecule has 3 N–H and O–H groups in total. The molecule has 108 valence electrons. The molecule has 2 aromatic carbocycles. The lowest BCUT2D eigenvalue weighted by Crippen LogP contribution is -2.15. The number of amides is 1. The molecule has 0 aliphatic heterocycles. The topological polar surface area (TPSA) is 98.3 Å². The second-order valence-electron chi connectivity index (χ2n) is 4.47. The largest absolute Gasteiger partial charge is 0.399 e. The van der Waals surface area contributed by atoms with Crippen LogP contribution in [0.1, 0.15) is 15.9 Å². The third kappa shape index (κ3) is 3.14. The molecule has 0 spiro atoms. The predicted octanol–water partition coefficient (Wildman–Crippen LogP) is 2.88. The van der Waals surface area contributed by atoms with Gasteiger partial charge in [-0.05, 0) is 36.8 Å². The number of hydrogen-bond donors (Lipinski definition) is 2. The molecule has 0 saturated carbocycles. The summed E-state index contributed by atoms with van der Waals surface area (Å²) in [6, 6.07) is 7.83. The molecule has 0 heterocycles. The summed E-state index contributed by atoms with van der Waals surface area (Å²) in [6.45, 7) is 1.70. The molecular weight excluding hydrogens is 277 g/mol. The van der Waals surface area contributed by atoms with Gasteiger partial charge in [-0.3, -0.25) is 14.9 Å². The zero-order valence-electron chi connectivity index (χ0n) is 11.1. The number of rotatable bonds is 3. The Balaban J connectivity index is 2.39. The van der Waals surface area contributed by atoms with Gasteiger partial charge < -0.3 is 11.1 Å². The van der Waals surface area contributed by atoms with Crippen LogP contribution >= 0.6 is 0 Å². The van der Waals surface area contributed by atoms with Crippen molar-refractivity contribution in [2.75, 3.05) is 11.1 Å². The third-order valence-electron chi connectivity index (χ3n) is 2.83. The molecular formula is C14H12FN3O3. The Labute approximate surface area is 119 Å². The van der Waals surface area contributed by atoms with Crippen molar-refractivity contribution in [2.24, 2.45) is 0 Å². The van der Waals surface area contributed by atoms with Crippen LogP contribution in [0.25, 0.3) is 0 Å². The molecule has 2 aromatic rings. The lowest BCUT2D eigenvalue weighted by Gasteiger charge is -2.08. The highest BCUT2D eigenvalue weighted by atomic mass is 19.1. The molecule has 2 rings (SSSR count). The van der Waals surface area contributed by atoms with Crippen LogP contribution in [0, 0.1) is 22.9 Å². The average molecular weight is 289 g/mol. The van der Waals surface area contributed by atoms with E-state index < -0.39 is 16.6 Å². The minimum absolute atomic E-state index is 0.129. The number of carbonyl (C=O) groups excluding carboxylic acids is 1. The Morgan fingerprint density at radius 2 is 2.00 bits per heavy atom. The van der Waals surface area contributed by atoms with E-state index in [0.29, 0.717) is 5.56 Å². The van der Waals surface area contributed by atoms with Crippen molar-refractivity contribution in [2.45, 2.75) is 6.92 Å². The predicted molar refractivity (Wildman–Crippen MR) is 76.6 cm³/mol. The number of nitrogens with zero attached hydrogens (tertiary/aromatic N) is 1. The van der Waals surface area contributed by atoms with Crippen molar-refractivity contribution >= 4 is 23.0 Å². The lowest BCUT2D eigenvalue weighted by atomic mass is 10.1. The first-order valence-corrected chi connectivity index (χ1v) is 6.00. The van der Waals surface area contributed by atoms with Gasteiger partial charge in [-0.25, -0.2) is 4.39 Å². The number of hydrogen-bond acceptors (Lipinski definition) is 4. The van der Waals surface area contributed by atoms with E-state index in [0.717, 1.165) is 6.07 Å². The Morgan fingerprint density at radius 3 is 2.67 bits per heavy atom. The van der Waals surface area contributed by atoms with E-state index in [1.165, 1.54) is 30.3 Å². The first-order valence-electron chi connectivity index (χ1n) is 6.00. The number of halogens is 1. The van der Waals surface area contributed by atoms with Gasteiger partial charge in [0, 0.05) is 11.8 Å². The number of nitrogen functional groups attached to an aromatic ring is 1. The minimum atomic E-state index is -0.769.